The van der Waals surface area contributed by atoms with E-state index < -0.39 is 11.8 Å². The zero-order valence-electron chi connectivity index (χ0n) is 15.6. The number of halogens is 1. The van der Waals surface area contributed by atoms with Crippen molar-refractivity contribution in [3.05, 3.63) is 102 Å². The largest absolute Gasteiger partial charge is 0.426 e. The zero-order chi connectivity index (χ0) is 20.9. The van der Waals surface area contributed by atoms with E-state index in [2.05, 4.69) is 15.5 Å². The molecule has 1 heterocycles. The summed E-state index contributed by atoms with van der Waals surface area (Å²) in [5.74, 6) is -0.738. The van der Waals surface area contributed by atoms with Gasteiger partial charge in [-0.25, -0.2) is 9.07 Å². The van der Waals surface area contributed by atoms with Crippen LogP contribution in [0.15, 0.2) is 79.1 Å². The first-order valence-electron chi connectivity index (χ1n) is 9.02. The van der Waals surface area contributed by atoms with E-state index in [9.17, 15) is 14.0 Å². The fourth-order valence-electron chi connectivity index (χ4n) is 2.82. The normalized spacial score (nSPS) is 10.6. The molecule has 0 atom stereocenters. The number of ketones is 1. The first-order chi connectivity index (χ1) is 14.6. The molecule has 0 amide bonds. The summed E-state index contributed by atoms with van der Waals surface area (Å²) in [6.45, 7) is 0. The van der Waals surface area contributed by atoms with Crippen molar-refractivity contribution < 1.29 is 18.7 Å². The van der Waals surface area contributed by atoms with Crippen molar-refractivity contribution in [2.24, 2.45) is 0 Å². The molecule has 0 aliphatic heterocycles. The highest BCUT2D eigenvalue weighted by Crippen LogP contribution is 2.17. The number of tetrazole rings is 1. The highest BCUT2D eigenvalue weighted by atomic mass is 19.1. The monoisotopic (exact) mass is 402 g/mol. The molecule has 148 valence electrons. The van der Waals surface area contributed by atoms with E-state index in [1.807, 2.05) is 0 Å². The van der Waals surface area contributed by atoms with Crippen molar-refractivity contribution in [2.75, 3.05) is 0 Å². The van der Waals surface area contributed by atoms with Gasteiger partial charge in [0.1, 0.15) is 17.9 Å². The van der Waals surface area contributed by atoms with Crippen LogP contribution in [-0.2, 0) is 11.2 Å². The van der Waals surface area contributed by atoms with Crippen LogP contribution in [0.25, 0.3) is 5.69 Å². The fraction of sp³-hybridized carbons (Fsp3) is 0.0455. The van der Waals surface area contributed by atoms with E-state index in [-0.39, 0.29) is 12.2 Å². The molecule has 4 rings (SSSR count). The molecule has 0 bridgehead atoms. The first-order valence-corrected chi connectivity index (χ1v) is 9.02. The Morgan fingerprint density at radius 2 is 1.50 bits per heavy atom. The van der Waals surface area contributed by atoms with Gasteiger partial charge in [-0.2, -0.15) is 0 Å². The highest BCUT2D eigenvalue weighted by molar-refractivity contribution is 6.09. The Morgan fingerprint density at radius 3 is 2.10 bits per heavy atom. The van der Waals surface area contributed by atoms with Crippen LogP contribution in [0.3, 0.4) is 0 Å². The minimum atomic E-state index is -0.428. The molecule has 0 saturated heterocycles. The lowest BCUT2D eigenvalue weighted by atomic mass is 10.0. The predicted molar refractivity (Wildman–Crippen MR) is 105 cm³/mol. The summed E-state index contributed by atoms with van der Waals surface area (Å²) in [5.41, 5.74) is 2.35. The van der Waals surface area contributed by atoms with E-state index in [0.717, 1.165) is 11.3 Å². The maximum absolute atomic E-state index is 13.0. The summed E-state index contributed by atoms with van der Waals surface area (Å²) in [4.78, 5) is 24.6. The molecule has 1 aromatic heterocycles. The SMILES string of the molecule is O=C(Cc1ccc(-n2cnnn2)cc1)Oc1ccc(C(=O)c2ccc(F)cc2)cc1. The number of carbonyl (C=O) groups excluding carboxylic acids is 2. The van der Waals surface area contributed by atoms with Crippen molar-refractivity contribution in [3.8, 4) is 11.4 Å². The van der Waals surface area contributed by atoms with Gasteiger partial charge in [-0.3, -0.25) is 9.59 Å². The van der Waals surface area contributed by atoms with Crippen LogP contribution in [0.1, 0.15) is 21.5 Å². The average molecular weight is 402 g/mol. The average Bonchev–Trinajstić information content (AvgIpc) is 3.30. The van der Waals surface area contributed by atoms with E-state index in [4.69, 9.17) is 4.74 Å². The number of ether oxygens (including phenoxy) is 1. The molecule has 0 spiro atoms. The van der Waals surface area contributed by atoms with Crippen molar-refractivity contribution in [2.45, 2.75) is 6.42 Å². The third kappa shape index (κ3) is 4.44. The van der Waals surface area contributed by atoms with Crippen LogP contribution in [0.4, 0.5) is 4.39 Å². The Balaban J connectivity index is 1.36. The first kappa shape index (κ1) is 19.1. The number of esters is 1. The van der Waals surface area contributed by atoms with E-state index in [1.165, 1.54) is 35.3 Å². The second-order valence-corrected chi connectivity index (χ2v) is 6.43. The summed E-state index contributed by atoms with van der Waals surface area (Å²) < 4.78 is 19.8. The summed E-state index contributed by atoms with van der Waals surface area (Å²) in [6, 6.07) is 18.7. The number of benzene rings is 3. The lowest BCUT2D eigenvalue weighted by Gasteiger charge is -2.07. The molecular weight excluding hydrogens is 387 g/mol. The predicted octanol–water partition coefficient (Wildman–Crippen LogP) is 3.18. The van der Waals surface area contributed by atoms with Crippen LogP contribution in [0.2, 0.25) is 0 Å². The topological polar surface area (TPSA) is 87.0 Å². The number of rotatable bonds is 6. The van der Waals surface area contributed by atoms with Gasteiger partial charge in [0.15, 0.2) is 5.78 Å². The van der Waals surface area contributed by atoms with Gasteiger partial charge in [0.25, 0.3) is 0 Å². The van der Waals surface area contributed by atoms with Crippen LogP contribution >= 0.6 is 0 Å². The lowest BCUT2D eigenvalue weighted by Crippen LogP contribution is -2.11. The molecule has 30 heavy (non-hydrogen) atoms. The Morgan fingerprint density at radius 1 is 0.867 bits per heavy atom. The number of aromatic nitrogens is 4. The number of nitrogens with zero attached hydrogens (tertiary/aromatic N) is 4. The molecule has 0 N–H and O–H groups in total. The van der Waals surface area contributed by atoms with Crippen LogP contribution in [0.5, 0.6) is 5.75 Å². The van der Waals surface area contributed by atoms with Gasteiger partial charge in [0.05, 0.1) is 12.1 Å². The molecule has 0 aliphatic carbocycles. The summed E-state index contributed by atoms with van der Waals surface area (Å²) >= 11 is 0. The molecule has 3 aromatic carbocycles. The van der Waals surface area contributed by atoms with Crippen molar-refractivity contribution in [3.63, 3.8) is 0 Å². The van der Waals surface area contributed by atoms with Gasteiger partial charge in [-0.05, 0) is 76.7 Å². The molecule has 8 heteroatoms. The molecule has 0 unspecified atom stereocenters. The molecular formula is C22H15FN4O3. The van der Waals surface area contributed by atoms with Crippen LogP contribution in [0, 0.1) is 5.82 Å². The van der Waals surface area contributed by atoms with E-state index in [1.54, 1.807) is 48.5 Å². The van der Waals surface area contributed by atoms with Gasteiger partial charge in [-0.1, -0.05) is 12.1 Å². The van der Waals surface area contributed by atoms with E-state index in [0.29, 0.717) is 16.9 Å². The quantitative estimate of drug-likeness (QED) is 0.280. The number of carbonyl (C=O) groups is 2. The second kappa shape index (κ2) is 8.44. The van der Waals surface area contributed by atoms with Crippen LogP contribution < -0.4 is 4.74 Å². The maximum Gasteiger partial charge on any atom is 0.315 e. The van der Waals surface area contributed by atoms with Crippen LogP contribution in [-0.4, -0.2) is 32.0 Å². The molecule has 0 saturated carbocycles. The lowest BCUT2D eigenvalue weighted by molar-refractivity contribution is -0.133. The Labute approximate surface area is 170 Å². The maximum atomic E-state index is 13.0. The van der Waals surface area contributed by atoms with Gasteiger partial charge in [-0.15, -0.1) is 5.10 Å². The van der Waals surface area contributed by atoms with Crippen molar-refractivity contribution >= 4 is 11.8 Å². The zero-order valence-corrected chi connectivity index (χ0v) is 15.6. The minimum absolute atomic E-state index is 0.0894. The standard InChI is InChI=1S/C22H15FN4O3/c23-18-7-3-16(4-8-18)22(29)17-5-11-20(12-6-17)30-21(28)13-15-1-9-19(10-2-15)27-14-24-25-26-27/h1-12,14H,13H2. The molecule has 7 nitrogen and oxygen atoms in total. The molecule has 0 radical (unpaired) electrons. The third-order valence-electron chi connectivity index (χ3n) is 4.35. The third-order valence-corrected chi connectivity index (χ3v) is 4.35. The Bertz CT molecular complexity index is 1160. The van der Waals surface area contributed by atoms with Crippen molar-refractivity contribution in [1.29, 1.82) is 0 Å². The summed E-state index contributed by atoms with van der Waals surface area (Å²) in [5, 5.41) is 11.0. The van der Waals surface area contributed by atoms with Crippen molar-refractivity contribution in [1.82, 2.24) is 20.2 Å². The second-order valence-electron chi connectivity index (χ2n) is 6.43. The van der Waals surface area contributed by atoms with Gasteiger partial charge >= 0.3 is 5.97 Å². The molecule has 0 fully saturated rings. The highest BCUT2D eigenvalue weighted by Gasteiger charge is 2.11. The van der Waals surface area contributed by atoms with Gasteiger partial charge in [0, 0.05) is 11.1 Å². The fourth-order valence-corrected chi connectivity index (χ4v) is 2.82. The van der Waals surface area contributed by atoms with Gasteiger partial charge in [0.2, 0.25) is 0 Å². The molecule has 4 aromatic rings. The smallest absolute Gasteiger partial charge is 0.315 e. The Kier molecular flexibility index (Phi) is 5.38. The van der Waals surface area contributed by atoms with E-state index >= 15 is 0 Å². The summed E-state index contributed by atoms with van der Waals surface area (Å²) in [6.07, 6.45) is 1.57. The van der Waals surface area contributed by atoms with Gasteiger partial charge < -0.3 is 4.74 Å². The number of hydrogen-bond acceptors (Lipinski definition) is 6. The molecule has 0 aliphatic rings. The Hall–Kier alpha value is -4.20. The number of hydrogen-bond donors (Lipinski definition) is 0. The summed E-state index contributed by atoms with van der Waals surface area (Å²) in [7, 11) is 0. The minimum Gasteiger partial charge on any atom is -0.426 e.